The van der Waals surface area contributed by atoms with Crippen molar-refractivity contribution in [3.63, 3.8) is 0 Å². The third kappa shape index (κ3) is 3.57. The van der Waals surface area contributed by atoms with Crippen molar-refractivity contribution in [3.8, 4) is 0 Å². The van der Waals surface area contributed by atoms with Crippen molar-refractivity contribution >= 4 is 28.4 Å². The fraction of sp³-hybridized carbons (Fsp3) is 0.263. The smallest absolute Gasteiger partial charge is 0.291 e. The molecular weight excluding hydrogens is 318 g/mol. The first-order valence-electron chi connectivity index (χ1n) is 8.34. The van der Waals surface area contributed by atoms with Gasteiger partial charge in [0.1, 0.15) is 6.54 Å². The topological polar surface area (TPSA) is 67.5 Å². The van der Waals surface area contributed by atoms with Crippen LogP contribution in [0.4, 0.5) is 5.69 Å². The quantitative estimate of drug-likeness (QED) is 0.749. The second kappa shape index (κ2) is 7.25. The van der Waals surface area contributed by atoms with Gasteiger partial charge in [-0.2, -0.15) is 0 Å². The number of nitrogens with one attached hydrogen (secondary N) is 1. The van der Waals surface area contributed by atoms with Crippen LogP contribution in [0.2, 0.25) is 0 Å². The highest BCUT2D eigenvalue weighted by atomic mass is 16.3. The lowest BCUT2D eigenvalue weighted by molar-refractivity contribution is -0.131. The van der Waals surface area contributed by atoms with Gasteiger partial charge in [0.2, 0.25) is 5.91 Å². The molecule has 2 heterocycles. The van der Waals surface area contributed by atoms with Crippen LogP contribution in [-0.2, 0) is 11.3 Å². The number of hydrogen-bond acceptors (Lipinski definition) is 3. The molecule has 6 nitrogen and oxygen atoms in total. The van der Waals surface area contributed by atoms with Gasteiger partial charge in [-0.05, 0) is 50.2 Å². The molecule has 0 aliphatic carbocycles. The molecule has 0 radical (unpaired) electrons. The minimum absolute atomic E-state index is 0.0951. The van der Waals surface area contributed by atoms with Crippen LogP contribution in [0.15, 0.2) is 53.3 Å². The SMILES string of the molecule is CCN(CC)C(=O)Cn1ccc2cc(NC(=O)c3ccco3)ccc21. The largest absolute Gasteiger partial charge is 0.459 e. The molecule has 0 aliphatic heterocycles. The number of rotatable bonds is 6. The Bertz CT molecular complexity index is 877. The van der Waals surface area contributed by atoms with Gasteiger partial charge < -0.3 is 19.2 Å². The molecule has 3 rings (SSSR count). The molecule has 130 valence electrons. The number of anilines is 1. The van der Waals surface area contributed by atoms with Crippen LogP contribution in [-0.4, -0.2) is 34.4 Å². The Labute approximate surface area is 146 Å². The van der Waals surface area contributed by atoms with E-state index < -0.39 is 0 Å². The summed E-state index contributed by atoms with van der Waals surface area (Å²) in [4.78, 5) is 26.1. The van der Waals surface area contributed by atoms with Crippen LogP contribution in [0.1, 0.15) is 24.4 Å². The number of nitrogens with zero attached hydrogens (tertiary/aromatic N) is 2. The lowest BCUT2D eigenvalue weighted by Gasteiger charge is -2.19. The van der Waals surface area contributed by atoms with E-state index in [0.29, 0.717) is 25.3 Å². The predicted molar refractivity (Wildman–Crippen MR) is 96.5 cm³/mol. The molecule has 0 spiro atoms. The monoisotopic (exact) mass is 339 g/mol. The molecule has 1 N–H and O–H groups in total. The summed E-state index contributed by atoms with van der Waals surface area (Å²) in [6.45, 7) is 5.67. The zero-order valence-electron chi connectivity index (χ0n) is 14.4. The molecule has 6 heteroatoms. The van der Waals surface area contributed by atoms with Gasteiger partial charge in [-0.3, -0.25) is 9.59 Å². The van der Waals surface area contributed by atoms with E-state index in [1.54, 1.807) is 12.1 Å². The highest BCUT2D eigenvalue weighted by Crippen LogP contribution is 2.21. The summed E-state index contributed by atoms with van der Waals surface area (Å²) in [7, 11) is 0. The second-order valence-corrected chi connectivity index (χ2v) is 5.71. The lowest BCUT2D eigenvalue weighted by Crippen LogP contribution is -2.33. The molecule has 0 unspecified atom stereocenters. The van der Waals surface area contributed by atoms with Crippen molar-refractivity contribution in [3.05, 3.63) is 54.6 Å². The average Bonchev–Trinajstić information content (AvgIpc) is 3.26. The standard InChI is InChI=1S/C19H21N3O3/c1-3-21(4-2)18(23)13-22-10-9-14-12-15(7-8-16(14)22)20-19(24)17-6-5-11-25-17/h5-12H,3-4,13H2,1-2H3,(H,20,24). The number of carbonyl (C=O) groups excluding carboxylic acids is 2. The van der Waals surface area contributed by atoms with E-state index in [1.165, 1.54) is 6.26 Å². The molecule has 2 amide bonds. The maximum absolute atomic E-state index is 12.3. The molecule has 1 aromatic carbocycles. The fourth-order valence-corrected chi connectivity index (χ4v) is 2.84. The maximum Gasteiger partial charge on any atom is 0.291 e. The van der Waals surface area contributed by atoms with Gasteiger partial charge in [-0.15, -0.1) is 0 Å². The van der Waals surface area contributed by atoms with Crippen molar-refractivity contribution in [2.75, 3.05) is 18.4 Å². The average molecular weight is 339 g/mol. The van der Waals surface area contributed by atoms with Crippen LogP contribution in [0.3, 0.4) is 0 Å². The maximum atomic E-state index is 12.3. The zero-order chi connectivity index (χ0) is 17.8. The molecule has 0 aliphatic rings. The summed E-state index contributed by atoms with van der Waals surface area (Å²) < 4.78 is 7.01. The lowest BCUT2D eigenvalue weighted by atomic mass is 10.2. The van der Waals surface area contributed by atoms with Crippen LogP contribution in [0.25, 0.3) is 10.9 Å². The number of amides is 2. The molecule has 0 fully saturated rings. The Morgan fingerprint density at radius 2 is 1.96 bits per heavy atom. The summed E-state index contributed by atoms with van der Waals surface area (Å²) in [6.07, 6.45) is 3.36. The van der Waals surface area contributed by atoms with Gasteiger partial charge in [0, 0.05) is 35.9 Å². The first kappa shape index (κ1) is 16.8. The summed E-state index contributed by atoms with van der Waals surface area (Å²) in [5.41, 5.74) is 1.64. The van der Waals surface area contributed by atoms with E-state index in [-0.39, 0.29) is 17.6 Å². The van der Waals surface area contributed by atoms with Crippen LogP contribution >= 0.6 is 0 Å². The summed E-state index contributed by atoms with van der Waals surface area (Å²) in [5.74, 6) is 0.0701. The molecule has 0 atom stereocenters. The molecular formula is C19H21N3O3. The van der Waals surface area contributed by atoms with Crippen molar-refractivity contribution < 1.29 is 14.0 Å². The van der Waals surface area contributed by atoms with Crippen LogP contribution in [0, 0.1) is 0 Å². The number of carbonyl (C=O) groups is 2. The second-order valence-electron chi connectivity index (χ2n) is 5.71. The van der Waals surface area contributed by atoms with E-state index in [9.17, 15) is 9.59 Å². The first-order valence-corrected chi connectivity index (χ1v) is 8.34. The highest BCUT2D eigenvalue weighted by molar-refractivity contribution is 6.03. The number of aromatic nitrogens is 1. The van der Waals surface area contributed by atoms with Crippen LogP contribution < -0.4 is 5.32 Å². The van der Waals surface area contributed by atoms with Crippen molar-refractivity contribution in [2.45, 2.75) is 20.4 Å². The van der Waals surface area contributed by atoms with Gasteiger partial charge in [0.05, 0.1) is 6.26 Å². The van der Waals surface area contributed by atoms with Crippen molar-refractivity contribution in [1.82, 2.24) is 9.47 Å². The third-order valence-electron chi connectivity index (χ3n) is 4.20. The van der Waals surface area contributed by atoms with Gasteiger partial charge in [-0.25, -0.2) is 0 Å². The zero-order valence-corrected chi connectivity index (χ0v) is 14.4. The number of hydrogen-bond donors (Lipinski definition) is 1. The van der Waals surface area contributed by atoms with Crippen molar-refractivity contribution in [2.24, 2.45) is 0 Å². The Kier molecular flexibility index (Phi) is 4.88. The predicted octanol–water partition coefficient (Wildman–Crippen LogP) is 3.36. The number of likely N-dealkylation sites (N-methyl/N-ethyl adjacent to an activating group) is 1. The minimum atomic E-state index is -0.291. The summed E-state index contributed by atoms with van der Waals surface area (Å²) in [5, 5.41) is 3.77. The van der Waals surface area contributed by atoms with E-state index in [0.717, 1.165) is 10.9 Å². The van der Waals surface area contributed by atoms with Gasteiger partial charge in [-0.1, -0.05) is 0 Å². The molecule has 0 saturated carbocycles. The number of furan rings is 1. The van der Waals surface area contributed by atoms with E-state index >= 15 is 0 Å². The van der Waals surface area contributed by atoms with E-state index in [1.807, 2.05) is 53.8 Å². The van der Waals surface area contributed by atoms with Gasteiger partial charge >= 0.3 is 0 Å². The summed E-state index contributed by atoms with van der Waals surface area (Å²) in [6, 6.07) is 10.8. The minimum Gasteiger partial charge on any atom is -0.459 e. The van der Waals surface area contributed by atoms with E-state index in [4.69, 9.17) is 4.42 Å². The van der Waals surface area contributed by atoms with Crippen LogP contribution in [0.5, 0.6) is 0 Å². The molecule has 3 aromatic rings. The first-order chi connectivity index (χ1) is 12.1. The molecule has 2 aromatic heterocycles. The fourth-order valence-electron chi connectivity index (χ4n) is 2.84. The Balaban J connectivity index is 1.77. The van der Waals surface area contributed by atoms with Crippen molar-refractivity contribution in [1.29, 1.82) is 0 Å². The highest BCUT2D eigenvalue weighted by Gasteiger charge is 2.13. The Hall–Kier alpha value is -3.02. The van der Waals surface area contributed by atoms with Gasteiger partial charge in [0.25, 0.3) is 5.91 Å². The molecule has 0 bridgehead atoms. The van der Waals surface area contributed by atoms with Gasteiger partial charge in [0.15, 0.2) is 5.76 Å². The number of benzene rings is 1. The Morgan fingerprint density at radius 1 is 1.16 bits per heavy atom. The summed E-state index contributed by atoms with van der Waals surface area (Å²) >= 11 is 0. The number of fused-ring (bicyclic) bond motifs is 1. The Morgan fingerprint density at radius 3 is 2.64 bits per heavy atom. The third-order valence-corrected chi connectivity index (χ3v) is 4.20. The molecule has 25 heavy (non-hydrogen) atoms. The normalized spacial score (nSPS) is 10.8. The van der Waals surface area contributed by atoms with E-state index in [2.05, 4.69) is 5.32 Å². The molecule has 0 saturated heterocycles.